The summed E-state index contributed by atoms with van der Waals surface area (Å²) in [4.78, 5) is 18.3. The number of rotatable bonds is 5. The van der Waals surface area contributed by atoms with E-state index in [2.05, 4.69) is 31.1 Å². The molecule has 0 bridgehead atoms. The molecule has 0 radical (unpaired) electrons. The Kier molecular flexibility index (Phi) is 6.89. The average Bonchev–Trinajstić information content (AvgIpc) is 3.31. The van der Waals surface area contributed by atoms with Crippen LogP contribution in [0.5, 0.6) is 0 Å². The van der Waals surface area contributed by atoms with Gasteiger partial charge in [-0.05, 0) is 118 Å². The number of nitrogens with one attached hydrogen (secondary N) is 1. The van der Waals surface area contributed by atoms with E-state index < -0.39 is 0 Å². The molecule has 0 spiro atoms. The van der Waals surface area contributed by atoms with Crippen LogP contribution in [0, 0.1) is 60.2 Å². The van der Waals surface area contributed by atoms with Gasteiger partial charge in [0.25, 0.3) is 0 Å². The van der Waals surface area contributed by atoms with Crippen molar-refractivity contribution in [2.45, 2.75) is 111 Å². The molecule has 4 saturated carbocycles. The van der Waals surface area contributed by atoms with Crippen LogP contribution in [0.2, 0.25) is 0 Å². The lowest BCUT2D eigenvalue weighted by Gasteiger charge is -2.62. The predicted octanol–water partition coefficient (Wildman–Crippen LogP) is 6.11. The molecule has 3 N–H and O–H groups in total. The van der Waals surface area contributed by atoms with Crippen LogP contribution in [0.25, 0.3) is 0 Å². The second-order valence-electron chi connectivity index (χ2n) is 13.2. The lowest BCUT2D eigenvalue weighted by atomic mass is 9.43. The minimum absolute atomic E-state index is 0.0789. The molecule has 1 aromatic heterocycles. The fourth-order valence-corrected chi connectivity index (χ4v) is 10.3. The highest BCUT2D eigenvalue weighted by Crippen LogP contribution is 2.68. The number of aryl methyl sites for hydroxylation is 2. The fourth-order valence-electron chi connectivity index (χ4n) is 9.44. The summed E-state index contributed by atoms with van der Waals surface area (Å²) >= 11 is 1.55. The maximum Gasteiger partial charge on any atom is 0.226 e. The number of nitrogens with zero attached hydrogens (tertiary/aromatic N) is 1. The summed E-state index contributed by atoms with van der Waals surface area (Å²) in [7, 11) is 0. The van der Waals surface area contributed by atoms with Crippen molar-refractivity contribution in [2.75, 3.05) is 5.32 Å². The maximum absolute atomic E-state index is 12.6. The molecule has 4 aliphatic carbocycles. The minimum atomic E-state index is -0.224. The van der Waals surface area contributed by atoms with Crippen molar-refractivity contribution < 1.29 is 15.0 Å². The van der Waals surface area contributed by atoms with Gasteiger partial charge >= 0.3 is 0 Å². The third-order valence-corrected chi connectivity index (χ3v) is 12.5. The molecule has 10 atom stereocenters. The summed E-state index contributed by atoms with van der Waals surface area (Å²) in [6.45, 7) is 11.4. The van der Waals surface area contributed by atoms with Crippen LogP contribution in [-0.2, 0) is 4.79 Å². The van der Waals surface area contributed by atoms with E-state index in [1.165, 1.54) is 25.7 Å². The molecule has 5 nitrogen and oxygen atoms in total. The van der Waals surface area contributed by atoms with Gasteiger partial charge in [0.15, 0.2) is 5.13 Å². The van der Waals surface area contributed by atoms with E-state index >= 15 is 0 Å². The van der Waals surface area contributed by atoms with Gasteiger partial charge in [0.1, 0.15) is 0 Å². The van der Waals surface area contributed by atoms with Crippen LogP contribution in [0.4, 0.5) is 5.13 Å². The van der Waals surface area contributed by atoms with Crippen LogP contribution in [0.3, 0.4) is 0 Å². The molecule has 4 fully saturated rings. The maximum atomic E-state index is 12.6. The first kappa shape index (κ1) is 25.7. The molecule has 5 rings (SSSR count). The summed E-state index contributed by atoms with van der Waals surface area (Å²) < 4.78 is 0. The molecular formula is C29H46N2O3S. The minimum Gasteiger partial charge on any atom is -0.393 e. The van der Waals surface area contributed by atoms with Gasteiger partial charge in [-0.25, -0.2) is 4.98 Å². The van der Waals surface area contributed by atoms with Gasteiger partial charge in [-0.2, -0.15) is 0 Å². The van der Waals surface area contributed by atoms with Crippen molar-refractivity contribution in [1.29, 1.82) is 0 Å². The first-order valence-electron chi connectivity index (χ1n) is 14.1. The summed E-state index contributed by atoms with van der Waals surface area (Å²) in [5, 5.41) is 25.5. The number of aromatic nitrogens is 1. The summed E-state index contributed by atoms with van der Waals surface area (Å²) in [5.41, 5.74) is 1.53. The Morgan fingerprint density at radius 1 is 1.09 bits per heavy atom. The molecule has 0 aliphatic heterocycles. The third-order valence-electron chi connectivity index (χ3n) is 11.5. The largest absolute Gasteiger partial charge is 0.393 e. The number of fused-ring (bicyclic) bond motifs is 5. The predicted molar refractivity (Wildman–Crippen MR) is 141 cm³/mol. The Labute approximate surface area is 215 Å². The molecule has 196 valence electrons. The molecule has 6 heteroatoms. The number of amides is 1. The summed E-state index contributed by atoms with van der Waals surface area (Å²) in [6.07, 6.45) is 9.75. The zero-order valence-electron chi connectivity index (χ0n) is 22.3. The number of carbonyl (C=O) groups is 1. The molecule has 35 heavy (non-hydrogen) atoms. The van der Waals surface area contributed by atoms with Crippen molar-refractivity contribution >= 4 is 22.4 Å². The zero-order chi connectivity index (χ0) is 25.1. The van der Waals surface area contributed by atoms with Gasteiger partial charge in [0, 0.05) is 11.3 Å². The monoisotopic (exact) mass is 502 g/mol. The quantitative estimate of drug-likeness (QED) is 0.454. The molecule has 1 aromatic rings. The van der Waals surface area contributed by atoms with Crippen molar-refractivity contribution in [2.24, 2.45) is 46.3 Å². The highest BCUT2D eigenvalue weighted by molar-refractivity contribution is 7.15. The first-order valence-corrected chi connectivity index (χ1v) is 14.9. The van der Waals surface area contributed by atoms with Crippen LogP contribution in [0.15, 0.2) is 0 Å². The molecule has 1 amide bonds. The second-order valence-corrected chi connectivity index (χ2v) is 14.4. The Bertz CT molecular complexity index is 929. The Hall–Kier alpha value is -0.980. The highest BCUT2D eigenvalue weighted by atomic mass is 32.1. The summed E-state index contributed by atoms with van der Waals surface area (Å²) in [6, 6.07) is 0. The summed E-state index contributed by atoms with van der Waals surface area (Å²) in [5.74, 6) is 3.25. The lowest BCUT2D eigenvalue weighted by Crippen LogP contribution is -2.58. The van der Waals surface area contributed by atoms with Crippen molar-refractivity contribution in [3.8, 4) is 0 Å². The molecule has 4 aliphatic rings. The highest BCUT2D eigenvalue weighted by Gasteiger charge is 2.62. The van der Waals surface area contributed by atoms with Crippen LogP contribution in [0.1, 0.15) is 95.6 Å². The van der Waals surface area contributed by atoms with Gasteiger partial charge in [-0.1, -0.05) is 20.8 Å². The fraction of sp³-hybridized carbons (Fsp3) is 0.862. The number of carbonyl (C=O) groups excluding carboxylic acids is 1. The van der Waals surface area contributed by atoms with E-state index in [1.807, 2.05) is 13.8 Å². The van der Waals surface area contributed by atoms with Crippen LogP contribution in [-0.4, -0.2) is 33.3 Å². The smallest absolute Gasteiger partial charge is 0.226 e. The van der Waals surface area contributed by atoms with Gasteiger partial charge < -0.3 is 15.5 Å². The van der Waals surface area contributed by atoms with Gasteiger partial charge in [0.2, 0.25) is 5.91 Å². The zero-order valence-corrected chi connectivity index (χ0v) is 23.2. The molecule has 0 saturated heterocycles. The van der Waals surface area contributed by atoms with Gasteiger partial charge in [0.05, 0.1) is 17.9 Å². The SMILES string of the molecule is Cc1nc(NC(=O)CC[C@@H](C)[C@@H]2CC[C@@H]3[C@H]4[C@@H](CC[C@@]32C)[C@@]2(C)CC[C@@H](O)C[C@@H]2C[C@@H]4O)sc1C. The number of aliphatic hydroxyl groups excluding tert-OH is 2. The number of aliphatic hydroxyl groups is 2. The molecular weight excluding hydrogens is 456 g/mol. The van der Waals surface area contributed by atoms with E-state index in [1.54, 1.807) is 11.3 Å². The van der Waals surface area contributed by atoms with Crippen LogP contribution < -0.4 is 5.32 Å². The van der Waals surface area contributed by atoms with Gasteiger partial charge in [-0.15, -0.1) is 11.3 Å². The normalized spacial score (nSPS) is 43.7. The number of hydrogen-bond donors (Lipinski definition) is 3. The number of hydrogen-bond acceptors (Lipinski definition) is 5. The van der Waals surface area contributed by atoms with Gasteiger partial charge in [-0.3, -0.25) is 4.79 Å². The average molecular weight is 503 g/mol. The standard InChI is InChI=1S/C29H46N2O3S/c1-16(6-9-25(34)31-27-30-17(2)18(3)35-27)21-7-8-22-26-23(11-13-29(21,22)5)28(4)12-10-20(32)14-19(28)15-24(26)33/h16,19-24,26,32-33H,6-15H2,1-5H3,(H,30,31,34)/t16-,19-,20-,21+,22-,23-,24+,26+,28+,29-/m1/s1. The van der Waals surface area contributed by atoms with E-state index in [9.17, 15) is 15.0 Å². The first-order chi connectivity index (χ1) is 16.5. The number of anilines is 1. The molecule has 1 heterocycles. The van der Waals surface area contributed by atoms with Crippen LogP contribution >= 0.6 is 11.3 Å². The Morgan fingerprint density at radius 2 is 1.80 bits per heavy atom. The van der Waals surface area contributed by atoms with Crippen molar-refractivity contribution in [3.63, 3.8) is 0 Å². The van der Waals surface area contributed by atoms with E-state index in [-0.39, 0.29) is 28.9 Å². The van der Waals surface area contributed by atoms with E-state index in [0.29, 0.717) is 41.9 Å². The lowest BCUT2D eigenvalue weighted by molar-refractivity contribution is -0.174. The topological polar surface area (TPSA) is 82.5 Å². The molecule has 0 unspecified atom stereocenters. The Balaban J connectivity index is 1.24. The van der Waals surface area contributed by atoms with E-state index in [4.69, 9.17) is 0 Å². The Morgan fingerprint density at radius 3 is 2.51 bits per heavy atom. The number of thiazole rings is 1. The van der Waals surface area contributed by atoms with E-state index in [0.717, 1.165) is 47.8 Å². The van der Waals surface area contributed by atoms with Crippen molar-refractivity contribution in [1.82, 2.24) is 4.98 Å². The molecule has 0 aromatic carbocycles. The van der Waals surface area contributed by atoms with Crippen molar-refractivity contribution in [3.05, 3.63) is 10.6 Å². The third kappa shape index (κ3) is 4.40. The second kappa shape index (κ2) is 9.40.